The topological polar surface area (TPSA) is 19.0 Å². The van der Waals surface area contributed by atoms with E-state index in [0.717, 1.165) is 19.4 Å². The average molecular weight is 214 g/mol. The minimum atomic E-state index is 0.639. The van der Waals surface area contributed by atoms with Gasteiger partial charge in [0.2, 0.25) is 0 Å². The van der Waals surface area contributed by atoms with Crippen LogP contribution in [0.5, 0.6) is 0 Å². The van der Waals surface area contributed by atoms with E-state index in [4.69, 9.17) is 0 Å². The molecular weight excluding hydrogens is 196 g/mol. The maximum Gasteiger partial charge on any atom is 0.0458 e. The summed E-state index contributed by atoms with van der Waals surface area (Å²) in [7, 11) is 2.22. The van der Waals surface area contributed by atoms with Crippen molar-refractivity contribution in [1.82, 2.24) is 9.88 Å². The molecular formula is C14H18N2. The number of hydrogen-bond donors (Lipinski definition) is 1. The first-order valence-electron chi connectivity index (χ1n) is 6.04. The van der Waals surface area contributed by atoms with Crippen LogP contribution in [0.15, 0.2) is 24.3 Å². The predicted octanol–water partition coefficient (Wildman–Crippen LogP) is 2.59. The lowest BCUT2D eigenvalue weighted by molar-refractivity contribution is 0.267. The van der Waals surface area contributed by atoms with Gasteiger partial charge >= 0.3 is 0 Å². The van der Waals surface area contributed by atoms with Crippen LogP contribution in [0.4, 0.5) is 0 Å². The first kappa shape index (κ1) is 9.91. The fourth-order valence-corrected chi connectivity index (χ4v) is 2.66. The Kier molecular flexibility index (Phi) is 2.25. The van der Waals surface area contributed by atoms with E-state index in [2.05, 4.69) is 48.1 Å². The lowest BCUT2D eigenvalue weighted by Crippen LogP contribution is -2.30. The van der Waals surface area contributed by atoms with Gasteiger partial charge < -0.3 is 9.88 Å². The Labute approximate surface area is 96.3 Å². The molecule has 1 N–H and O–H groups in total. The van der Waals surface area contributed by atoms with Crippen LogP contribution < -0.4 is 0 Å². The van der Waals surface area contributed by atoms with E-state index in [1.807, 2.05) is 0 Å². The van der Waals surface area contributed by atoms with E-state index >= 15 is 0 Å². The molecule has 1 aromatic carbocycles. The van der Waals surface area contributed by atoms with Gasteiger partial charge in [0.25, 0.3) is 0 Å². The number of likely N-dealkylation sites (N-methyl/N-ethyl adjacent to an activating group) is 1. The maximum absolute atomic E-state index is 3.57. The third-order valence-corrected chi connectivity index (χ3v) is 3.87. The number of H-pyrrole nitrogens is 1. The highest BCUT2D eigenvalue weighted by molar-refractivity contribution is 5.84. The van der Waals surface area contributed by atoms with Crippen LogP contribution in [0.2, 0.25) is 0 Å². The van der Waals surface area contributed by atoms with Gasteiger partial charge in [0.1, 0.15) is 0 Å². The summed E-state index contributed by atoms with van der Waals surface area (Å²) in [5.74, 6) is 0. The van der Waals surface area contributed by atoms with E-state index in [1.165, 1.54) is 22.2 Å². The summed E-state index contributed by atoms with van der Waals surface area (Å²) in [6.45, 7) is 3.47. The number of para-hydroxylation sites is 1. The second-order valence-electron chi connectivity index (χ2n) is 4.91. The molecule has 2 nitrogen and oxygen atoms in total. The quantitative estimate of drug-likeness (QED) is 0.714. The van der Waals surface area contributed by atoms with Crippen LogP contribution in [0.1, 0.15) is 18.2 Å². The van der Waals surface area contributed by atoms with Crippen LogP contribution in [-0.4, -0.2) is 29.5 Å². The molecule has 0 saturated carbocycles. The highest BCUT2D eigenvalue weighted by Crippen LogP contribution is 2.27. The van der Waals surface area contributed by atoms with Crippen molar-refractivity contribution >= 4 is 10.9 Å². The van der Waals surface area contributed by atoms with Gasteiger partial charge in [-0.2, -0.15) is 0 Å². The van der Waals surface area contributed by atoms with Gasteiger partial charge in [-0.15, -0.1) is 0 Å². The largest absolute Gasteiger partial charge is 0.358 e. The van der Waals surface area contributed by atoms with Crippen molar-refractivity contribution in [3.8, 4) is 0 Å². The van der Waals surface area contributed by atoms with Crippen molar-refractivity contribution < 1.29 is 0 Å². The Morgan fingerprint density at radius 3 is 3.00 bits per heavy atom. The Bertz CT molecular complexity index is 512. The minimum Gasteiger partial charge on any atom is -0.358 e. The molecule has 0 saturated heterocycles. The maximum atomic E-state index is 3.57. The molecule has 84 valence electrons. The molecule has 0 bridgehead atoms. The second-order valence-corrected chi connectivity index (χ2v) is 4.91. The van der Waals surface area contributed by atoms with Crippen LogP contribution in [-0.2, 0) is 12.8 Å². The molecule has 1 aromatic heterocycles. The van der Waals surface area contributed by atoms with Gasteiger partial charge in [0, 0.05) is 35.6 Å². The second kappa shape index (κ2) is 3.63. The number of hydrogen-bond acceptors (Lipinski definition) is 1. The molecule has 0 radical (unpaired) electrons. The Morgan fingerprint density at radius 2 is 2.12 bits per heavy atom. The van der Waals surface area contributed by atoms with Gasteiger partial charge in [0.05, 0.1) is 0 Å². The van der Waals surface area contributed by atoms with Crippen molar-refractivity contribution in [2.24, 2.45) is 0 Å². The number of nitrogens with zero attached hydrogens (tertiary/aromatic N) is 1. The zero-order valence-corrected chi connectivity index (χ0v) is 9.96. The Hall–Kier alpha value is -1.28. The zero-order chi connectivity index (χ0) is 11.1. The van der Waals surface area contributed by atoms with Gasteiger partial charge in [0.15, 0.2) is 0 Å². The van der Waals surface area contributed by atoms with Crippen molar-refractivity contribution in [3.63, 3.8) is 0 Å². The van der Waals surface area contributed by atoms with Crippen molar-refractivity contribution in [3.05, 3.63) is 35.5 Å². The third kappa shape index (κ3) is 1.45. The summed E-state index contributed by atoms with van der Waals surface area (Å²) >= 11 is 0. The van der Waals surface area contributed by atoms with E-state index in [0.29, 0.717) is 6.04 Å². The molecule has 0 spiro atoms. The number of aromatic nitrogens is 1. The molecule has 1 aliphatic heterocycles. The smallest absolute Gasteiger partial charge is 0.0458 e. The van der Waals surface area contributed by atoms with Crippen LogP contribution in [0, 0.1) is 0 Å². The lowest BCUT2D eigenvalue weighted by atomic mass is 10.0. The summed E-state index contributed by atoms with van der Waals surface area (Å²) in [5, 5.41) is 1.42. The first-order valence-corrected chi connectivity index (χ1v) is 6.04. The normalized spacial score (nSPS) is 22.0. The molecule has 0 aliphatic carbocycles. The predicted molar refractivity (Wildman–Crippen MR) is 67.8 cm³/mol. The third-order valence-electron chi connectivity index (χ3n) is 3.87. The summed E-state index contributed by atoms with van der Waals surface area (Å²) in [6, 6.07) is 9.30. The van der Waals surface area contributed by atoms with Crippen LogP contribution in [0.3, 0.4) is 0 Å². The van der Waals surface area contributed by atoms with Gasteiger partial charge in [-0.05, 0) is 32.0 Å². The average Bonchev–Trinajstić information content (AvgIpc) is 2.58. The number of fused-ring (bicyclic) bond motifs is 3. The molecule has 1 unspecified atom stereocenters. The standard InChI is InChI=1S/C14H18N2/c1-10-9-12-11-5-3-4-6-13(11)15-14(12)7-8-16(10)2/h3-6,10,15H,7-9H2,1-2H3. The number of aromatic amines is 1. The molecule has 2 heterocycles. The molecule has 1 atom stereocenters. The molecule has 0 amide bonds. The SMILES string of the molecule is CC1Cc2c([nH]c3ccccc23)CCN1C. The Balaban J connectivity index is 2.15. The summed E-state index contributed by atoms with van der Waals surface area (Å²) < 4.78 is 0. The fraction of sp³-hybridized carbons (Fsp3) is 0.429. The number of benzene rings is 1. The van der Waals surface area contributed by atoms with Gasteiger partial charge in [-0.25, -0.2) is 0 Å². The van der Waals surface area contributed by atoms with Crippen molar-refractivity contribution in [1.29, 1.82) is 0 Å². The van der Waals surface area contributed by atoms with E-state index < -0.39 is 0 Å². The molecule has 3 rings (SSSR count). The van der Waals surface area contributed by atoms with Gasteiger partial charge in [-0.1, -0.05) is 18.2 Å². The molecule has 2 aromatic rings. The summed E-state index contributed by atoms with van der Waals surface area (Å²) in [6.07, 6.45) is 2.31. The molecule has 0 fully saturated rings. The minimum absolute atomic E-state index is 0.639. The Morgan fingerprint density at radius 1 is 1.31 bits per heavy atom. The molecule has 2 heteroatoms. The summed E-state index contributed by atoms with van der Waals surface area (Å²) in [4.78, 5) is 6.02. The fourth-order valence-electron chi connectivity index (χ4n) is 2.66. The van der Waals surface area contributed by atoms with E-state index in [1.54, 1.807) is 0 Å². The van der Waals surface area contributed by atoms with Crippen LogP contribution in [0.25, 0.3) is 10.9 Å². The molecule has 1 aliphatic rings. The molecule has 16 heavy (non-hydrogen) atoms. The van der Waals surface area contributed by atoms with Crippen LogP contribution >= 0.6 is 0 Å². The number of rotatable bonds is 0. The van der Waals surface area contributed by atoms with E-state index in [-0.39, 0.29) is 0 Å². The van der Waals surface area contributed by atoms with Crippen molar-refractivity contribution in [2.75, 3.05) is 13.6 Å². The first-order chi connectivity index (χ1) is 7.75. The van der Waals surface area contributed by atoms with Gasteiger partial charge in [-0.3, -0.25) is 0 Å². The zero-order valence-electron chi connectivity index (χ0n) is 9.96. The van der Waals surface area contributed by atoms with Crippen molar-refractivity contribution in [2.45, 2.75) is 25.8 Å². The van der Waals surface area contributed by atoms with E-state index in [9.17, 15) is 0 Å². The number of nitrogens with one attached hydrogen (secondary N) is 1. The summed E-state index contributed by atoms with van der Waals surface area (Å²) in [5.41, 5.74) is 4.27. The monoisotopic (exact) mass is 214 g/mol. The highest BCUT2D eigenvalue weighted by Gasteiger charge is 2.20. The lowest BCUT2D eigenvalue weighted by Gasteiger charge is -2.21. The highest BCUT2D eigenvalue weighted by atomic mass is 15.1.